The summed E-state index contributed by atoms with van der Waals surface area (Å²) in [4.78, 5) is 13.6. The molecule has 244 valence electrons. The van der Waals surface area contributed by atoms with Gasteiger partial charge in [0.05, 0.1) is 60.8 Å². The Morgan fingerprint density at radius 3 is 1.93 bits per heavy atom. The van der Waals surface area contributed by atoms with Crippen molar-refractivity contribution in [1.82, 2.24) is 0 Å². The highest BCUT2D eigenvalue weighted by Crippen LogP contribution is 2.47. The van der Waals surface area contributed by atoms with E-state index in [1.165, 1.54) is 65.9 Å². The van der Waals surface area contributed by atoms with Crippen LogP contribution >= 0.6 is 0 Å². The van der Waals surface area contributed by atoms with Crippen LogP contribution in [0.2, 0.25) is 0 Å². The first-order valence-corrected chi connectivity index (χ1v) is 14.0. The summed E-state index contributed by atoms with van der Waals surface area (Å²) in [6.07, 6.45) is -3.26. The molecule has 1 aliphatic heterocycles. The van der Waals surface area contributed by atoms with Crippen molar-refractivity contribution in [3.63, 3.8) is 0 Å². The fraction of sp³-hybridized carbons (Fsp3) is 0.406. The third kappa shape index (κ3) is 6.66. The minimum absolute atomic E-state index is 0.00200. The zero-order valence-corrected chi connectivity index (χ0v) is 25.6. The number of hydrogen-bond donors (Lipinski definition) is 5. The van der Waals surface area contributed by atoms with Crippen LogP contribution in [0.15, 0.2) is 42.5 Å². The highest BCUT2D eigenvalue weighted by atomic mass is 16.6. The molecule has 1 aliphatic rings. The molecular formula is C32H38O13. The number of rotatable bonds is 14. The summed E-state index contributed by atoms with van der Waals surface area (Å²) >= 11 is 0. The Balaban J connectivity index is 1.63. The van der Waals surface area contributed by atoms with Crippen LogP contribution in [0, 0.1) is 11.8 Å². The fourth-order valence-electron chi connectivity index (χ4n) is 5.38. The molecule has 13 heteroatoms. The van der Waals surface area contributed by atoms with Crippen molar-refractivity contribution in [2.45, 2.75) is 18.3 Å². The topological polar surface area (TPSA) is 183 Å². The third-order valence-electron chi connectivity index (χ3n) is 7.83. The molecule has 0 aromatic heterocycles. The smallest absolute Gasteiger partial charge is 0.204 e. The van der Waals surface area contributed by atoms with Crippen molar-refractivity contribution < 1.29 is 63.5 Å². The van der Waals surface area contributed by atoms with E-state index in [0.29, 0.717) is 11.1 Å². The van der Waals surface area contributed by atoms with Crippen LogP contribution in [-0.4, -0.2) is 92.8 Å². The van der Waals surface area contributed by atoms with Crippen LogP contribution in [0.4, 0.5) is 0 Å². The van der Waals surface area contributed by atoms with Crippen molar-refractivity contribution in [3.05, 3.63) is 59.2 Å². The lowest BCUT2D eigenvalue weighted by Crippen LogP contribution is -2.29. The van der Waals surface area contributed by atoms with E-state index in [1.807, 2.05) is 0 Å². The lowest BCUT2D eigenvalue weighted by Gasteiger charge is -2.26. The Hall–Kier alpha value is -4.43. The predicted octanol–water partition coefficient (Wildman–Crippen LogP) is 2.79. The number of phenols is 2. The van der Waals surface area contributed by atoms with Gasteiger partial charge < -0.3 is 58.7 Å². The molecule has 0 radical (unpaired) electrons. The van der Waals surface area contributed by atoms with E-state index < -0.39 is 36.8 Å². The van der Waals surface area contributed by atoms with Gasteiger partial charge >= 0.3 is 0 Å². The normalized spacial score (nSPS) is 19.0. The van der Waals surface area contributed by atoms with Crippen molar-refractivity contribution in [2.75, 3.05) is 55.4 Å². The molecule has 0 amide bonds. The molecule has 3 aromatic carbocycles. The Bertz CT molecular complexity index is 1440. The third-order valence-corrected chi connectivity index (χ3v) is 7.83. The van der Waals surface area contributed by atoms with E-state index in [9.17, 15) is 30.3 Å². The molecule has 3 aromatic rings. The minimum Gasteiger partial charge on any atom is -0.504 e. The SMILES string of the molecule is COc1cc([C@@H](O)[C@H](CO)Oc2c(OC)cc([C@H]3OC[C@@H](C(=O)c4cc(OC)c(O)c(OC)c4)[C@@H]3CO)cc2OC)ccc1O. The maximum absolute atomic E-state index is 13.6. The van der Waals surface area contributed by atoms with Gasteiger partial charge in [-0.25, -0.2) is 0 Å². The van der Waals surface area contributed by atoms with E-state index in [-0.39, 0.29) is 70.6 Å². The van der Waals surface area contributed by atoms with E-state index in [2.05, 4.69) is 0 Å². The predicted molar refractivity (Wildman–Crippen MR) is 159 cm³/mol. The summed E-state index contributed by atoms with van der Waals surface area (Å²) in [6.45, 7) is -0.976. The summed E-state index contributed by atoms with van der Waals surface area (Å²) in [5, 5.41) is 51.7. The number of benzene rings is 3. The van der Waals surface area contributed by atoms with Crippen LogP contribution in [-0.2, 0) is 4.74 Å². The number of carbonyl (C=O) groups is 1. The summed E-state index contributed by atoms with van der Waals surface area (Å²) in [5.41, 5.74) is 1.06. The van der Waals surface area contributed by atoms with Crippen molar-refractivity contribution in [2.24, 2.45) is 11.8 Å². The Morgan fingerprint density at radius 2 is 1.42 bits per heavy atom. The lowest BCUT2D eigenvalue weighted by atomic mass is 9.83. The molecule has 1 heterocycles. The van der Waals surface area contributed by atoms with E-state index in [4.69, 9.17) is 33.2 Å². The lowest BCUT2D eigenvalue weighted by molar-refractivity contribution is -0.00186. The Kier molecular flexibility index (Phi) is 10.8. The number of methoxy groups -OCH3 is 5. The highest BCUT2D eigenvalue weighted by molar-refractivity contribution is 5.99. The van der Waals surface area contributed by atoms with Crippen LogP contribution in [0.3, 0.4) is 0 Å². The van der Waals surface area contributed by atoms with Gasteiger partial charge in [-0.15, -0.1) is 0 Å². The molecule has 0 unspecified atom stereocenters. The monoisotopic (exact) mass is 630 g/mol. The van der Waals surface area contributed by atoms with Gasteiger partial charge in [-0.3, -0.25) is 4.79 Å². The second-order valence-corrected chi connectivity index (χ2v) is 10.3. The number of aliphatic hydroxyl groups excluding tert-OH is 3. The zero-order valence-electron chi connectivity index (χ0n) is 25.6. The number of carbonyl (C=O) groups excluding carboxylic acids is 1. The summed E-state index contributed by atoms with van der Waals surface area (Å²) in [7, 11) is 6.89. The van der Waals surface area contributed by atoms with E-state index >= 15 is 0 Å². The minimum atomic E-state index is -1.33. The van der Waals surface area contributed by atoms with Crippen LogP contribution in [0.5, 0.6) is 46.0 Å². The largest absolute Gasteiger partial charge is 0.504 e. The van der Waals surface area contributed by atoms with Crippen molar-refractivity contribution >= 4 is 5.78 Å². The van der Waals surface area contributed by atoms with Gasteiger partial charge in [-0.05, 0) is 47.5 Å². The Labute approximate surface area is 260 Å². The van der Waals surface area contributed by atoms with E-state index in [0.717, 1.165) is 0 Å². The maximum atomic E-state index is 13.6. The number of ether oxygens (including phenoxy) is 7. The van der Waals surface area contributed by atoms with Gasteiger partial charge in [0.2, 0.25) is 11.5 Å². The number of phenolic OH excluding ortho intramolecular Hbond substituents is 2. The molecule has 13 nitrogen and oxygen atoms in total. The van der Waals surface area contributed by atoms with Crippen LogP contribution in [0.25, 0.3) is 0 Å². The first kappa shape index (κ1) is 33.5. The number of aliphatic hydroxyl groups is 3. The molecule has 45 heavy (non-hydrogen) atoms. The first-order chi connectivity index (χ1) is 21.6. The Morgan fingerprint density at radius 1 is 0.844 bits per heavy atom. The second kappa shape index (κ2) is 14.6. The standard InChI is InChI=1S/C32H38O13/c1-39-22-8-16(6-7-21(22)35)29(37)27(14-34)45-32-25(42-4)11-18(12-26(32)43-5)31-19(13-33)20(15-44-31)28(36)17-9-23(40-2)30(38)24(10-17)41-3/h6-12,19-20,27,29,31,33-35,37-38H,13-15H2,1-5H3/t19-,20+,27-,29+,31+/m0/s1. The van der Waals surface area contributed by atoms with Crippen molar-refractivity contribution in [3.8, 4) is 46.0 Å². The van der Waals surface area contributed by atoms with Gasteiger partial charge in [-0.2, -0.15) is 0 Å². The maximum Gasteiger partial charge on any atom is 0.204 e. The quantitative estimate of drug-likeness (QED) is 0.164. The molecule has 0 bridgehead atoms. The van der Waals surface area contributed by atoms with Gasteiger partial charge in [0, 0.05) is 18.1 Å². The van der Waals surface area contributed by atoms with E-state index in [1.54, 1.807) is 12.1 Å². The van der Waals surface area contributed by atoms with Gasteiger partial charge in [0.1, 0.15) is 6.10 Å². The highest BCUT2D eigenvalue weighted by Gasteiger charge is 2.43. The van der Waals surface area contributed by atoms with Gasteiger partial charge in [0.25, 0.3) is 0 Å². The molecule has 5 N–H and O–H groups in total. The molecule has 0 aliphatic carbocycles. The average molecular weight is 631 g/mol. The number of aromatic hydroxyl groups is 2. The fourth-order valence-corrected chi connectivity index (χ4v) is 5.38. The second-order valence-electron chi connectivity index (χ2n) is 10.3. The molecular weight excluding hydrogens is 592 g/mol. The molecule has 1 saturated heterocycles. The summed E-state index contributed by atoms with van der Waals surface area (Å²) < 4.78 is 38.7. The number of ketones is 1. The van der Waals surface area contributed by atoms with Gasteiger partial charge in [-0.1, -0.05) is 6.07 Å². The molecule has 0 saturated carbocycles. The summed E-state index contributed by atoms with van der Waals surface area (Å²) in [6, 6.07) is 10.3. The van der Waals surface area contributed by atoms with Crippen molar-refractivity contribution in [1.29, 1.82) is 0 Å². The first-order valence-electron chi connectivity index (χ1n) is 14.0. The molecule has 0 spiro atoms. The number of Topliss-reactive ketones (excluding diaryl/α,β-unsaturated/α-hetero) is 1. The zero-order chi connectivity index (χ0) is 32.8. The molecule has 5 atom stereocenters. The van der Waals surface area contributed by atoms with Gasteiger partial charge in [0.15, 0.2) is 46.4 Å². The number of hydrogen-bond acceptors (Lipinski definition) is 13. The molecule has 1 fully saturated rings. The van der Waals surface area contributed by atoms with Crippen LogP contribution in [0.1, 0.15) is 33.7 Å². The average Bonchev–Trinajstić information content (AvgIpc) is 3.50. The van der Waals surface area contributed by atoms with Crippen LogP contribution < -0.4 is 28.4 Å². The summed E-state index contributed by atoms with van der Waals surface area (Å²) in [5.74, 6) is -1.39. The molecule has 4 rings (SSSR count).